The molecule has 102 valence electrons. The summed E-state index contributed by atoms with van der Waals surface area (Å²) in [5.41, 5.74) is 0.750. The van der Waals surface area contributed by atoms with Crippen molar-refractivity contribution in [2.45, 2.75) is 46.1 Å². The van der Waals surface area contributed by atoms with Crippen molar-refractivity contribution < 1.29 is 9.50 Å². The van der Waals surface area contributed by atoms with E-state index in [1.165, 1.54) is 18.9 Å². The molecule has 0 aliphatic rings. The summed E-state index contributed by atoms with van der Waals surface area (Å²) in [5.74, 6) is 0.376. The summed E-state index contributed by atoms with van der Waals surface area (Å²) in [7, 11) is 0. The molecule has 1 aromatic carbocycles. The molecule has 0 fully saturated rings. The largest absolute Gasteiger partial charge is 0.508 e. The van der Waals surface area contributed by atoms with Gasteiger partial charge < -0.3 is 10.4 Å². The second-order valence-corrected chi connectivity index (χ2v) is 5.27. The van der Waals surface area contributed by atoms with Crippen molar-refractivity contribution >= 4 is 0 Å². The van der Waals surface area contributed by atoms with Crippen LogP contribution >= 0.6 is 0 Å². The van der Waals surface area contributed by atoms with Gasteiger partial charge in [-0.25, -0.2) is 4.39 Å². The highest BCUT2D eigenvalue weighted by Gasteiger charge is 2.10. The summed E-state index contributed by atoms with van der Waals surface area (Å²) < 4.78 is 12.9. The van der Waals surface area contributed by atoms with Gasteiger partial charge in [-0.2, -0.15) is 0 Å². The van der Waals surface area contributed by atoms with Crippen LogP contribution < -0.4 is 5.32 Å². The van der Waals surface area contributed by atoms with Crippen molar-refractivity contribution in [1.82, 2.24) is 5.32 Å². The predicted molar refractivity (Wildman–Crippen MR) is 73.2 cm³/mol. The van der Waals surface area contributed by atoms with Crippen LogP contribution in [0.25, 0.3) is 0 Å². The summed E-state index contributed by atoms with van der Waals surface area (Å²) >= 11 is 0. The highest BCUT2D eigenvalue weighted by atomic mass is 19.1. The van der Waals surface area contributed by atoms with Gasteiger partial charge in [0.25, 0.3) is 0 Å². The van der Waals surface area contributed by atoms with Crippen LogP contribution in [0.3, 0.4) is 0 Å². The molecule has 0 amide bonds. The van der Waals surface area contributed by atoms with Gasteiger partial charge in [0.2, 0.25) is 0 Å². The van der Waals surface area contributed by atoms with Gasteiger partial charge in [0.05, 0.1) is 0 Å². The third kappa shape index (κ3) is 5.05. The third-order valence-electron chi connectivity index (χ3n) is 3.12. The van der Waals surface area contributed by atoms with E-state index in [1.54, 1.807) is 6.07 Å². The molecule has 0 radical (unpaired) electrons. The van der Waals surface area contributed by atoms with E-state index >= 15 is 0 Å². The Hall–Kier alpha value is -1.09. The molecule has 1 atom stereocenters. The molecule has 0 bridgehead atoms. The first-order chi connectivity index (χ1) is 8.50. The fourth-order valence-electron chi connectivity index (χ4n) is 1.99. The molecule has 0 saturated carbocycles. The molecule has 0 heterocycles. The van der Waals surface area contributed by atoms with Crippen LogP contribution in [0.5, 0.6) is 5.75 Å². The van der Waals surface area contributed by atoms with Gasteiger partial charge in [0.1, 0.15) is 11.6 Å². The van der Waals surface area contributed by atoms with Crippen molar-refractivity contribution in [3.8, 4) is 5.75 Å². The van der Waals surface area contributed by atoms with Crippen molar-refractivity contribution in [1.29, 1.82) is 0 Å². The molecule has 2 nitrogen and oxygen atoms in total. The van der Waals surface area contributed by atoms with Gasteiger partial charge in [-0.3, -0.25) is 0 Å². The van der Waals surface area contributed by atoms with Crippen molar-refractivity contribution in [2.75, 3.05) is 6.54 Å². The van der Waals surface area contributed by atoms with Gasteiger partial charge in [-0.1, -0.05) is 32.8 Å². The number of rotatable bonds is 7. The van der Waals surface area contributed by atoms with Crippen LogP contribution in [0.4, 0.5) is 4.39 Å². The number of phenols is 1. The average Bonchev–Trinajstić information content (AvgIpc) is 2.27. The van der Waals surface area contributed by atoms with Crippen LogP contribution in [0.15, 0.2) is 18.2 Å². The number of benzene rings is 1. The third-order valence-corrected chi connectivity index (χ3v) is 3.12. The minimum absolute atomic E-state index is 0.0252. The van der Waals surface area contributed by atoms with Gasteiger partial charge >= 0.3 is 0 Å². The molecule has 0 saturated heterocycles. The van der Waals surface area contributed by atoms with Gasteiger partial charge in [-0.05, 0) is 31.9 Å². The number of unbranched alkanes of at least 4 members (excludes halogenated alkanes) is 1. The highest BCUT2D eigenvalue weighted by Crippen LogP contribution is 2.24. The van der Waals surface area contributed by atoms with Crippen molar-refractivity contribution in [2.24, 2.45) is 5.92 Å². The summed E-state index contributed by atoms with van der Waals surface area (Å²) in [5, 5.41) is 13.0. The number of phenolic OH excluding ortho intramolecular Hbond substituents is 1. The maximum absolute atomic E-state index is 12.9. The lowest BCUT2D eigenvalue weighted by Crippen LogP contribution is -2.20. The smallest absolute Gasteiger partial charge is 0.126 e. The molecule has 0 spiro atoms. The average molecular weight is 253 g/mol. The van der Waals surface area contributed by atoms with Gasteiger partial charge in [0.15, 0.2) is 0 Å². The molecule has 1 aromatic rings. The first kappa shape index (κ1) is 15.0. The zero-order chi connectivity index (χ0) is 13.5. The van der Waals surface area contributed by atoms with E-state index in [0.29, 0.717) is 0 Å². The van der Waals surface area contributed by atoms with Crippen molar-refractivity contribution in [3.63, 3.8) is 0 Å². The second-order valence-electron chi connectivity index (χ2n) is 5.27. The number of nitrogens with one attached hydrogen (secondary N) is 1. The number of halogens is 1. The van der Waals surface area contributed by atoms with E-state index in [0.717, 1.165) is 30.5 Å². The normalized spacial score (nSPS) is 12.9. The van der Waals surface area contributed by atoms with Crippen LogP contribution in [-0.2, 0) is 0 Å². The van der Waals surface area contributed by atoms with Gasteiger partial charge in [-0.15, -0.1) is 0 Å². The van der Waals surface area contributed by atoms with E-state index in [1.807, 2.05) is 6.92 Å². The van der Waals surface area contributed by atoms with Crippen molar-refractivity contribution in [3.05, 3.63) is 29.6 Å². The maximum atomic E-state index is 12.9. The lowest BCUT2D eigenvalue weighted by atomic mass is 10.1. The first-order valence-electron chi connectivity index (χ1n) is 6.72. The highest BCUT2D eigenvalue weighted by molar-refractivity contribution is 5.34. The van der Waals surface area contributed by atoms with Crippen LogP contribution in [-0.4, -0.2) is 11.7 Å². The summed E-state index contributed by atoms with van der Waals surface area (Å²) in [6.07, 6.45) is 3.59. The Bertz CT molecular complexity index is 366. The molecule has 18 heavy (non-hydrogen) atoms. The second kappa shape index (κ2) is 7.37. The standard InChI is InChI=1S/C15H24FNO/c1-11(2)6-4-5-9-17-12(3)14-8-7-13(16)10-15(14)18/h7-8,10-12,17-18H,4-6,9H2,1-3H3. The van der Waals surface area contributed by atoms with E-state index in [2.05, 4.69) is 19.2 Å². The molecule has 0 aromatic heterocycles. The summed E-state index contributed by atoms with van der Waals surface area (Å²) in [6.45, 7) is 7.36. The zero-order valence-corrected chi connectivity index (χ0v) is 11.5. The Kier molecular flexibility index (Phi) is 6.13. The lowest BCUT2D eigenvalue weighted by Gasteiger charge is -2.15. The Morgan fingerprint density at radius 1 is 1.22 bits per heavy atom. The predicted octanol–water partition coefficient (Wildman–Crippen LogP) is 4.01. The lowest BCUT2D eigenvalue weighted by molar-refractivity contribution is 0.443. The molecular weight excluding hydrogens is 229 g/mol. The molecule has 0 aliphatic carbocycles. The Balaban J connectivity index is 2.34. The minimum atomic E-state index is -0.402. The maximum Gasteiger partial charge on any atom is 0.126 e. The molecule has 0 aliphatic heterocycles. The monoisotopic (exact) mass is 253 g/mol. The Labute approximate surface area is 109 Å². The quantitative estimate of drug-likeness (QED) is 0.720. The molecule has 3 heteroatoms. The number of hydrogen-bond donors (Lipinski definition) is 2. The number of aromatic hydroxyl groups is 1. The fraction of sp³-hybridized carbons (Fsp3) is 0.600. The SMILES string of the molecule is CC(C)CCCCNC(C)c1ccc(F)cc1O. The van der Waals surface area contributed by atoms with Crippen LogP contribution in [0.2, 0.25) is 0 Å². The molecule has 2 N–H and O–H groups in total. The zero-order valence-electron chi connectivity index (χ0n) is 11.5. The van der Waals surface area contributed by atoms with Crippen LogP contribution in [0.1, 0.15) is 51.6 Å². The minimum Gasteiger partial charge on any atom is -0.508 e. The van der Waals surface area contributed by atoms with Gasteiger partial charge in [0, 0.05) is 17.7 Å². The Morgan fingerprint density at radius 2 is 1.94 bits per heavy atom. The Morgan fingerprint density at radius 3 is 2.56 bits per heavy atom. The summed E-state index contributed by atoms with van der Waals surface area (Å²) in [6, 6.07) is 4.22. The topological polar surface area (TPSA) is 32.3 Å². The molecule has 1 unspecified atom stereocenters. The first-order valence-corrected chi connectivity index (χ1v) is 6.72. The van der Waals surface area contributed by atoms with E-state index in [9.17, 15) is 9.50 Å². The molecular formula is C15H24FNO. The molecule has 1 rings (SSSR count). The van der Waals surface area contributed by atoms with E-state index in [4.69, 9.17) is 0 Å². The fourth-order valence-corrected chi connectivity index (χ4v) is 1.99. The van der Waals surface area contributed by atoms with E-state index in [-0.39, 0.29) is 11.8 Å². The summed E-state index contributed by atoms with van der Waals surface area (Å²) in [4.78, 5) is 0. The van der Waals surface area contributed by atoms with Crippen LogP contribution in [0, 0.1) is 11.7 Å². The number of hydrogen-bond acceptors (Lipinski definition) is 2. The van der Waals surface area contributed by atoms with E-state index < -0.39 is 5.82 Å².